The number of hydrogen-bond acceptors (Lipinski definition) is 3. The zero-order valence-corrected chi connectivity index (χ0v) is 12.1. The molecule has 0 bridgehead atoms. The van der Waals surface area contributed by atoms with Crippen molar-refractivity contribution in [2.45, 2.75) is 38.3 Å². The minimum absolute atomic E-state index is 0.308. The molecule has 3 heteroatoms. The summed E-state index contributed by atoms with van der Waals surface area (Å²) < 4.78 is 5.59. The number of allylic oxidation sites excluding steroid dienone is 1. The Kier molecular flexibility index (Phi) is 4.59. The number of nitrogens with zero attached hydrogens (tertiary/aromatic N) is 1. The maximum absolute atomic E-state index is 5.59. The minimum atomic E-state index is 0.308. The van der Waals surface area contributed by atoms with Gasteiger partial charge in [-0.2, -0.15) is 0 Å². The number of hydrogen-bond donors (Lipinski definition) is 1. The largest absolute Gasteiger partial charge is 0.497 e. The van der Waals surface area contributed by atoms with Crippen molar-refractivity contribution in [3.63, 3.8) is 0 Å². The van der Waals surface area contributed by atoms with Crippen LogP contribution in [0, 0.1) is 0 Å². The van der Waals surface area contributed by atoms with Crippen LogP contribution in [-0.4, -0.2) is 30.6 Å². The summed E-state index contributed by atoms with van der Waals surface area (Å²) in [5.74, 6) is 0. The molecule has 1 N–H and O–H groups in total. The van der Waals surface area contributed by atoms with E-state index in [1.165, 1.54) is 37.2 Å². The molecule has 2 heterocycles. The van der Waals surface area contributed by atoms with Crippen LogP contribution in [0.15, 0.2) is 36.6 Å². The van der Waals surface area contributed by atoms with E-state index in [1.54, 1.807) is 0 Å². The molecule has 2 aliphatic heterocycles. The lowest BCUT2D eigenvalue weighted by Gasteiger charge is -2.21. The molecule has 1 aromatic carbocycles. The van der Waals surface area contributed by atoms with E-state index in [0.717, 1.165) is 25.9 Å². The molecule has 3 rings (SSSR count). The molecule has 0 aromatic heterocycles. The second kappa shape index (κ2) is 6.80. The first-order chi connectivity index (χ1) is 9.90. The van der Waals surface area contributed by atoms with Crippen molar-refractivity contribution in [2.24, 2.45) is 0 Å². The average molecular weight is 272 g/mol. The van der Waals surface area contributed by atoms with Gasteiger partial charge in [0.1, 0.15) is 6.10 Å². The topological polar surface area (TPSA) is 24.5 Å². The zero-order valence-electron chi connectivity index (χ0n) is 12.1. The van der Waals surface area contributed by atoms with Gasteiger partial charge in [0.15, 0.2) is 0 Å². The third-order valence-electron chi connectivity index (χ3n) is 4.09. The fraction of sp³-hybridized carbons (Fsp3) is 0.529. The second-order valence-electron chi connectivity index (χ2n) is 5.77. The van der Waals surface area contributed by atoms with E-state index in [1.807, 2.05) is 6.26 Å². The van der Waals surface area contributed by atoms with Gasteiger partial charge < -0.3 is 10.1 Å². The number of ether oxygens (including phenoxy) is 1. The molecule has 0 radical (unpaired) electrons. The van der Waals surface area contributed by atoms with Crippen molar-refractivity contribution in [3.05, 3.63) is 42.2 Å². The lowest BCUT2D eigenvalue weighted by molar-refractivity contribution is 0.135. The van der Waals surface area contributed by atoms with E-state index in [0.29, 0.717) is 6.10 Å². The normalized spacial score (nSPS) is 22.7. The highest BCUT2D eigenvalue weighted by Gasteiger charge is 2.12. The van der Waals surface area contributed by atoms with E-state index in [9.17, 15) is 0 Å². The predicted molar refractivity (Wildman–Crippen MR) is 82.7 cm³/mol. The van der Waals surface area contributed by atoms with E-state index >= 15 is 0 Å². The van der Waals surface area contributed by atoms with Gasteiger partial charge in [0.05, 0.1) is 12.8 Å². The van der Waals surface area contributed by atoms with Crippen molar-refractivity contribution < 1.29 is 4.74 Å². The van der Waals surface area contributed by atoms with Crippen LogP contribution in [0.1, 0.15) is 31.2 Å². The Balaban J connectivity index is 1.52. The fourth-order valence-corrected chi connectivity index (χ4v) is 2.95. The molecule has 1 atom stereocenters. The van der Waals surface area contributed by atoms with Gasteiger partial charge in [-0.15, -0.1) is 0 Å². The highest BCUT2D eigenvalue weighted by molar-refractivity contribution is 5.45. The highest BCUT2D eigenvalue weighted by atomic mass is 16.5. The Morgan fingerprint density at radius 3 is 2.95 bits per heavy atom. The Labute approximate surface area is 121 Å². The molecule has 3 nitrogen and oxygen atoms in total. The number of likely N-dealkylation sites (tertiary alicyclic amines) is 1. The molecule has 0 saturated carbocycles. The number of benzene rings is 1. The Morgan fingerprint density at radius 1 is 1.25 bits per heavy atom. The van der Waals surface area contributed by atoms with Gasteiger partial charge in [-0.1, -0.05) is 12.1 Å². The fourth-order valence-electron chi connectivity index (χ4n) is 2.95. The minimum Gasteiger partial charge on any atom is -0.497 e. The van der Waals surface area contributed by atoms with Gasteiger partial charge in [0, 0.05) is 12.2 Å². The summed E-state index contributed by atoms with van der Waals surface area (Å²) in [4.78, 5) is 2.54. The quantitative estimate of drug-likeness (QED) is 0.889. The van der Waals surface area contributed by atoms with Gasteiger partial charge in [0.2, 0.25) is 0 Å². The summed E-state index contributed by atoms with van der Waals surface area (Å²) in [7, 11) is 0. The van der Waals surface area contributed by atoms with Crippen LogP contribution in [0.3, 0.4) is 0 Å². The second-order valence-corrected chi connectivity index (χ2v) is 5.77. The first-order valence-electron chi connectivity index (χ1n) is 7.76. The molecule has 20 heavy (non-hydrogen) atoms. The standard InChI is InChI=1S/C17H24N2O/c1-4-11-20-17(8-1)13-18-16-7-5-6-15(12-16)14-19-9-2-3-10-19/h4-7,11-12,17-18H,1-3,8-10,13-14H2. The average Bonchev–Trinajstić information content (AvgIpc) is 3.00. The first kappa shape index (κ1) is 13.5. The van der Waals surface area contributed by atoms with Gasteiger partial charge in [0.25, 0.3) is 0 Å². The first-order valence-corrected chi connectivity index (χ1v) is 7.76. The summed E-state index contributed by atoms with van der Waals surface area (Å²) in [5, 5.41) is 3.50. The summed E-state index contributed by atoms with van der Waals surface area (Å²) in [5.41, 5.74) is 2.61. The van der Waals surface area contributed by atoms with Crippen LogP contribution in [0.4, 0.5) is 5.69 Å². The monoisotopic (exact) mass is 272 g/mol. The van der Waals surface area contributed by atoms with Crippen molar-refractivity contribution in [1.82, 2.24) is 4.90 Å². The molecular formula is C17H24N2O. The van der Waals surface area contributed by atoms with Crippen molar-refractivity contribution >= 4 is 5.69 Å². The van der Waals surface area contributed by atoms with Crippen LogP contribution in [0.5, 0.6) is 0 Å². The number of rotatable bonds is 5. The number of anilines is 1. The molecule has 1 fully saturated rings. The lowest BCUT2D eigenvalue weighted by atomic mass is 10.1. The van der Waals surface area contributed by atoms with Gasteiger partial charge in [-0.3, -0.25) is 4.90 Å². The SMILES string of the molecule is C1=COC(CNc2cccc(CN3CCCC3)c2)CC1. The Bertz CT molecular complexity index is 452. The summed E-state index contributed by atoms with van der Waals surface area (Å²) in [6, 6.07) is 8.79. The molecule has 0 amide bonds. The molecule has 1 unspecified atom stereocenters. The Morgan fingerprint density at radius 2 is 2.15 bits per heavy atom. The lowest BCUT2D eigenvalue weighted by Crippen LogP contribution is -2.23. The van der Waals surface area contributed by atoms with Gasteiger partial charge in [-0.05, 0) is 62.5 Å². The van der Waals surface area contributed by atoms with Crippen LogP contribution in [0.2, 0.25) is 0 Å². The molecule has 1 aromatic rings. The van der Waals surface area contributed by atoms with E-state index in [-0.39, 0.29) is 0 Å². The smallest absolute Gasteiger partial charge is 0.115 e. The maximum Gasteiger partial charge on any atom is 0.115 e. The van der Waals surface area contributed by atoms with Crippen LogP contribution < -0.4 is 5.32 Å². The van der Waals surface area contributed by atoms with Crippen LogP contribution in [-0.2, 0) is 11.3 Å². The third kappa shape index (κ3) is 3.76. The summed E-state index contributed by atoms with van der Waals surface area (Å²) in [6.45, 7) is 4.47. The van der Waals surface area contributed by atoms with Gasteiger partial charge >= 0.3 is 0 Å². The molecular weight excluding hydrogens is 248 g/mol. The summed E-state index contributed by atoms with van der Waals surface area (Å²) >= 11 is 0. The molecule has 108 valence electrons. The molecule has 1 saturated heterocycles. The predicted octanol–water partition coefficient (Wildman–Crippen LogP) is 3.39. The summed E-state index contributed by atoms with van der Waals surface area (Å²) in [6.07, 6.45) is 9.17. The van der Waals surface area contributed by atoms with Gasteiger partial charge in [-0.25, -0.2) is 0 Å². The van der Waals surface area contributed by atoms with Crippen LogP contribution in [0.25, 0.3) is 0 Å². The van der Waals surface area contributed by atoms with Crippen LogP contribution >= 0.6 is 0 Å². The van der Waals surface area contributed by atoms with Crippen molar-refractivity contribution in [3.8, 4) is 0 Å². The highest BCUT2D eigenvalue weighted by Crippen LogP contribution is 2.17. The number of nitrogens with one attached hydrogen (secondary N) is 1. The van der Waals surface area contributed by atoms with Crippen molar-refractivity contribution in [1.29, 1.82) is 0 Å². The third-order valence-corrected chi connectivity index (χ3v) is 4.09. The van der Waals surface area contributed by atoms with E-state index < -0.39 is 0 Å². The Hall–Kier alpha value is -1.48. The van der Waals surface area contributed by atoms with Crippen molar-refractivity contribution in [2.75, 3.05) is 25.0 Å². The maximum atomic E-state index is 5.59. The van der Waals surface area contributed by atoms with E-state index in [2.05, 4.69) is 40.6 Å². The molecule has 0 spiro atoms. The van der Waals surface area contributed by atoms with E-state index in [4.69, 9.17) is 4.74 Å². The molecule has 0 aliphatic carbocycles. The molecule has 2 aliphatic rings. The zero-order chi connectivity index (χ0) is 13.6.